The van der Waals surface area contributed by atoms with Crippen LogP contribution in [0.25, 0.3) is 0 Å². The van der Waals surface area contributed by atoms with Crippen molar-refractivity contribution in [2.75, 3.05) is 0 Å². The minimum atomic E-state index is -0.570. The number of nitrogens with one attached hydrogen (secondary N) is 1. The van der Waals surface area contributed by atoms with Crippen molar-refractivity contribution in [3.63, 3.8) is 0 Å². The molecule has 1 rings (SSSR count). The van der Waals surface area contributed by atoms with Gasteiger partial charge in [-0.3, -0.25) is 4.79 Å². The summed E-state index contributed by atoms with van der Waals surface area (Å²) in [5.74, 6) is -0.197. The smallest absolute Gasteiger partial charge is 0.236 e. The molecule has 94 valence electrons. The molecule has 0 saturated carbocycles. The van der Waals surface area contributed by atoms with Crippen molar-refractivity contribution in [3.8, 4) is 0 Å². The van der Waals surface area contributed by atoms with Gasteiger partial charge in [0, 0.05) is 6.04 Å². The van der Waals surface area contributed by atoms with E-state index < -0.39 is 12.1 Å². The van der Waals surface area contributed by atoms with Crippen LogP contribution < -0.4 is 11.1 Å². The second-order valence-corrected chi connectivity index (χ2v) is 4.36. The second kappa shape index (κ2) is 6.37. The number of rotatable bonds is 5. The molecule has 0 aliphatic heterocycles. The lowest BCUT2D eigenvalue weighted by molar-refractivity contribution is -0.122. The van der Waals surface area contributed by atoms with Gasteiger partial charge in [0.15, 0.2) is 0 Å². The Bertz CT molecular complexity index is 352. The van der Waals surface area contributed by atoms with Crippen LogP contribution in [0.4, 0.5) is 0 Å². The molecule has 0 heterocycles. The van der Waals surface area contributed by atoms with Crippen LogP contribution >= 0.6 is 0 Å². The van der Waals surface area contributed by atoms with Crippen LogP contribution in [-0.2, 0) is 4.79 Å². The molecule has 0 aliphatic carbocycles. The Morgan fingerprint density at radius 2 is 1.94 bits per heavy atom. The normalized spacial score (nSPS) is 16.0. The van der Waals surface area contributed by atoms with Crippen molar-refractivity contribution >= 4 is 5.91 Å². The molecular formula is C13H20N2O2. The van der Waals surface area contributed by atoms with Crippen molar-refractivity contribution < 1.29 is 9.90 Å². The molecular weight excluding hydrogens is 216 g/mol. The third kappa shape index (κ3) is 4.54. The number of amides is 1. The zero-order valence-electron chi connectivity index (χ0n) is 10.3. The van der Waals surface area contributed by atoms with E-state index in [1.807, 2.05) is 37.3 Å². The molecule has 1 aromatic carbocycles. The second-order valence-electron chi connectivity index (χ2n) is 4.36. The molecule has 4 heteroatoms. The largest absolute Gasteiger partial charge is 0.388 e. The van der Waals surface area contributed by atoms with Crippen LogP contribution in [0.15, 0.2) is 30.3 Å². The quantitative estimate of drug-likeness (QED) is 0.713. The summed E-state index contributed by atoms with van der Waals surface area (Å²) in [5, 5.41) is 12.7. The first-order chi connectivity index (χ1) is 8.00. The number of aliphatic hydroxyl groups excluding tert-OH is 1. The highest BCUT2D eigenvalue weighted by molar-refractivity contribution is 5.81. The van der Waals surface area contributed by atoms with Gasteiger partial charge in [-0.1, -0.05) is 30.3 Å². The molecule has 0 saturated heterocycles. The van der Waals surface area contributed by atoms with Crippen molar-refractivity contribution in [2.45, 2.75) is 38.5 Å². The molecule has 4 N–H and O–H groups in total. The number of aliphatic hydroxyl groups is 1. The predicted octanol–water partition coefficient (Wildman–Crippen LogP) is 0.962. The van der Waals surface area contributed by atoms with Gasteiger partial charge in [-0.15, -0.1) is 0 Å². The van der Waals surface area contributed by atoms with E-state index in [0.717, 1.165) is 5.56 Å². The maximum absolute atomic E-state index is 11.4. The summed E-state index contributed by atoms with van der Waals surface area (Å²) in [7, 11) is 0. The average molecular weight is 236 g/mol. The summed E-state index contributed by atoms with van der Waals surface area (Å²) in [4.78, 5) is 11.4. The Kier molecular flexibility index (Phi) is 5.12. The predicted molar refractivity (Wildman–Crippen MR) is 67.3 cm³/mol. The lowest BCUT2D eigenvalue weighted by Gasteiger charge is -2.19. The molecule has 0 aromatic heterocycles. The molecule has 0 spiro atoms. The Labute approximate surface area is 102 Å². The zero-order chi connectivity index (χ0) is 12.8. The molecule has 17 heavy (non-hydrogen) atoms. The molecule has 0 aliphatic rings. The van der Waals surface area contributed by atoms with E-state index >= 15 is 0 Å². The number of benzene rings is 1. The van der Waals surface area contributed by atoms with Crippen LogP contribution in [-0.4, -0.2) is 23.1 Å². The van der Waals surface area contributed by atoms with Crippen LogP contribution in [0, 0.1) is 0 Å². The summed E-state index contributed by atoms with van der Waals surface area (Å²) in [6.45, 7) is 3.49. The lowest BCUT2D eigenvalue weighted by Crippen LogP contribution is -2.43. The number of hydrogen-bond acceptors (Lipinski definition) is 3. The highest BCUT2D eigenvalue weighted by Crippen LogP contribution is 2.17. The Morgan fingerprint density at radius 1 is 1.35 bits per heavy atom. The summed E-state index contributed by atoms with van der Waals surface area (Å²) in [6, 6.07) is 8.76. The van der Waals surface area contributed by atoms with Gasteiger partial charge in [-0.25, -0.2) is 0 Å². The number of carbonyl (C=O) groups is 1. The zero-order valence-corrected chi connectivity index (χ0v) is 10.3. The maximum atomic E-state index is 11.4. The summed E-state index contributed by atoms with van der Waals surface area (Å²) >= 11 is 0. The van der Waals surface area contributed by atoms with Crippen molar-refractivity contribution in [2.24, 2.45) is 5.73 Å². The van der Waals surface area contributed by atoms with Gasteiger partial charge in [0.05, 0.1) is 12.1 Å². The Hall–Kier alpha value is -1.39. The first kappa shape index (κ1) is 13.7. The van der Waals surface area contributed by atoms with E-state index in [4.69, 9.17) is 5.73 Å². The van der Waals surface area contributed by atoms with Crippen LogP contribution in [0.1, 0.15) is 31.9 Å². The van der Waals surface area contributed by atoms with Crippen molar-refractivity contribution in [1.29, 1.82) is 0 Å². The average Bonchev–Trinajstić information content (AvgIpc) is 2.29. The fourth-order valence-electron chi connectivity index (χ4n) is 1.58. The van der Waals surface area contributed by atoms with E-state index in [0.29, 0.717) is 6.42 Å². The molecule has 4 nitrogen and oxygen atoms in total. The third-order valence-electron chi connectivity index (χ3n) is 2.56. The van der Waals surface area contributed by atoms with E-state index in [-0.39, 0.29) is 11.9 Å². The van der Waals surface area contributed by atoms with Gasteiger partial charge in [0.2, 0.25) is 5.91 Å². The molecule has 1 amide bonds. The summed E-state index contributed by atoms with van der Waals surface area (Å²) < 4.78 is 0. The van der Waals surface area contributed by atoms with Crippen molar-refractivity contribution in [3.05, 3.63) is 35.9 Å². The monoisotopic (exact) mass is 236 g/mol. The molecule has 3 atom stereocenters. The summed E-state index contributed by atoms with van der Waals surface area (Å²) in [5.41, 5.74) is 6.31. The van der Waals surface area contributed by atoms with Crippen LogP contribution in [0.2, 0.25) is 0 Å². The first-order valence-corrected chi connectivity index (χ1v) is 5.79. The van der Waals surface area contributed by atoms with E-state index in [1.165, 1.54) is 0 Å². The van der Waals surface area contributed by atoms with E-state index in [9.17, 15) is 9.90 Å². The molecule has 0 bridgehead atoms. The standard InChI is InChI=1S/C13H20N2O2/c1-9(15-13(17)10(2)14)8-12(16)11-6-4-3-5-7-11/h3-7,9-10,12,16H,8,14H2,1-2H3,(H,15,17)/t9?,10-,12?/m0/s1. The maximum Gasteiger partial charge on any atom is 0.236 e. The fraction of sp³-hybridized carbons (Fsp3) is 0.462. The van der Waals surface area contributed by atoms with E-state index in [1.54, 1.807) is 6.92 Å². The molecule has 0 radical (unpaired) electrons. The van der Waals surface area contributed by atoms with Crippen molar-refractivity contribution in [1.82, 2.24) is 5.32 Å². The van der Waals surface area contributed by atoms with Gasteiger partial charge in [0.1, 0.15) is 0 Å². The fourth-order valence-corrected chi connectivity index (χ4v) is 1.58. The minimum Gasteiger partial charge on any atom is -0.388 e. The Balaban J connectivity index is 2.46. The van der Waals surface area contributed by atoms with Gasteiger partial charge in [-0.2, -0.15) is 0 Å². The highest BCUT2D eigenvalue weighted by Gasteiger charge is 2.15. The van der Waals surface area contributed by atoms with E-state index in [2.05, 4.69) is 5.32 Å². The molecule has 2 unspecified atom stereocenters. The van der Waals surface area contributed by atoms with Crippen LogP contribution in [0.5, 0.6) is 0 Å². The molecule has 0 fully saturated rings. The summed E-state index contributed by atoms with van der Waals surface area (Å²) in [6.07, 6.45) is -0.0952. The SMILES string of the molecule is CC(CC(O)c1ccccc1)NC(=O)[C@H](C)N. The highest BCUT2D eigenvalue weighted by atomic mass is 16.3. The minimum absolute atomic E-state index is 0.108. The number of hydrogen-bond donors (Lipinski definition) is 3. The molecule has 1 aromatic rings. The first-order valence-electron chi connectivity index (χ1n) is 5.79. The van der Waals surface area contributed by atoms with Gasteiger partial charge in [0.25, 0.3) is 0 Å². The van der Waals surface area contributed by atoms with Gasteiger partial charge >= 0.3 is 0 Å². The number of carbonyl (C=O) groups excluding carboxylic acids is 1. The Morgan fingerprint density at radius 3 is 2.47 bits per heavy atom. The lowest BCUT2D eigenvalue weighted by atomic mass is 10.0. The topological polar surface area (TPSA) is 75.3 Å². The van der Waals surface area contributed by atoms with Crippen LogP contribution in [0.3, 0.4) is 0 Å². The van der Waals surface area contributed by atoms with Gasteiger partial charge < -0.3 is 16.2 Å². The number of nitrogens with two attached hydrogens (primary N) is 1. The third-order valence-corrected chi connectivity index (χ3v) is 2.56. The van der Waals surface area contributed by atoms with Gasteiger partial charge in [-0.05, 0) is 25.8 Å².